The number of aliphatic hydroxyl groups excluding tert-OH is 1. The summed E-state index contributed by atoms with van der Waals surface area (Å²) in [7, 11) is 1.58. The van der Waals surface area contributed by atoms with E-state index in [0.29, 0.717) is 17.4 Å². The molecule has 0 aromatic heterocycles. The molecule has 0 aromatic carbocycles. The number of nitrogens with one attached hydrogen (secondary N) is 1. The Balaban J connectivity index is 4.35. The van der Waals surface area contributed by atoms with Gasteiger partial charge in [0.25, 0.3) is 0 Å². The average Bonchev–Trinajstić information content (AvgIpc) is 3.07. The molecule has 0 spiro atoms. The van der Waals surface area contributed by atoms with E-state index in [1.807, 2.05) is 27.2 Å². The van der Waals surface area contributed by atoms with E-state index in [1.165, 1.54) is 141 Å². The van der Waals surface area contributed by atoms with E-state index in [-0.39, 0.29) is 19.1 Å². The third kappa shape index (κ3) is 37.4. The van der Waals surface area contributed by atoms with Gasteiger partial charge in [0.15, 0.2) is 0 Å². The van der Waals surface area contributed by atoms with E-state index in [1.54, 1.807) is 6.08 Å². The second-order valence-electron chi connectivity index (χ2n) is 16.1. The van der Waals surface area contributed by atoms with Gasteiger partial charge in [-0.2, -0.15) is 0 Å². The van der Waals surface area contributed by atoms with Crippen LogP contribution in [0.1, 0.15) is 200 Å². The number of aliphatic hydroxyl groups is 1. The third-order valence-electron chi connectivity index (χ3n) is 9.76. The van der Waals surface area contributed by atoms with Gasteiger partial charge in [-0.05, 0) is 19.3 Å². The molecule has 0 saturated heterocycles. The van der Waals surface area contributed by atoms with Crippen molar-refractivity contribution in [1.82, 2.24) is 5.32 Å². The number of phosphoric ester groups is 1. The molecule has 0 radical (unpaired) electrons. The molecule has 0 fully saturated rings. The van der Waals surface area contributed by atoms with Crippen LogP contribution in [0.2, 0.25) is 0 Å². The number of amides is 1. The smallest absolute Gasteiger partial charge is 0.387 e. The highest BCUT2D eigenvalue weighted by atomic mass is 31.2. The molecule has 0 heterocycles. The Labute approximate surface area is 316 Å². The maximum absolute atomic E-state index is 12.8. The van der Waals surface area contributed by atoms with Crippen molar-refractivity contribution in [3.05, 3.63) is 12.2 Å². The topological polar surface area (TPSA) is 105 Å². The molecule has 8 nitrogen and oxygen atoms in total. The van der Waals surface area contributed by atoms with Crippen LogP contribution in [0.3, 0.4) is 0 Å². The van der Waals surface area contributed by atoms with Crippen LogP contribution < -0.4 is 5.32 Å². The first kappa shape index (κ1) is 50.2. The molecule has 3 unspecified atom stereocenters. The van der Waals surface area contributed by atoms with Crippen LogP contribution in [0.25, 0.3) is 0 Å². The van der Waals surface area contributed by atoms with E-state index in [2.05, 4.69) is 19.2 Å². The first-order chi connectivity index (χ1) is 24.5. The Morgan fingerprint density at radius 3 is 1.45 bits per heavy atom. The summed E-state index contributed by atoms with van der Waals surface area (Å²) in [5, 5.41) is 13.8. The fourth-order valence-electron chi connectivity index (χ4n) is 6.28. The highest BCUT2D eigenvalue weighted by Gasteiger charge is 2.27. The molecule has 0 aliphatic heterocycles. The van der Waals surface area contributed by atoms with E-state index < -0.39 is 20.0 Å². The summed E-state index contributed by atoms with van der Waals surface area (Å²) in [5.41, 5.74) is 0. The Hall–Kier alpha value is -0.760. The second-order valence-corrected chi connectivity index (χ2v) is 17.5. The summed E-state index contributed by atoms with van der Waals surface area (Å²) < 4.78 is 23.5. The second kappa shape index (κ2) is 35.0. The van der Waals surface area contributed by atoms with Gasteiger partial charge in [0.1, 0.15) is 13.2 Å². The number of hydrogen-bond donors (Lipinski definition) is 3. The summed E-state index contributed by atoms with van der Waals surface area (Å²) in [6, 6.07) is -0.838. The van der Waals surface area contributed by atoms with E-state index in [9.17, 15) is 19.4 Å². The lowest BCUT2D eigenvalue weighted by Crippen LogP contribution is -2.45. The molecule has 304 valence electrons. The molecule has 3 atom stereocenters. The molecule has 0 rings (SSSR count). The predicted octanol–water partition coefficient (Wildman–Crippen LogP) is 11.6. The first-order valence-corrected chi connectivity index (χ1v) is 23.1. The normalized spacial score (nSPS) is 14.6. The van der Waals surface area contributed by atoms with E-state index in [0.717, 1.165) is 38.5 Å². The average molecular weight is 746 g/mol. The Morgan fingerprint density at radius 2 is 1.04 bits per heavy atom. The number of nitrogens with zero attached hydrogens (tertiary/aromatic N) is 1. The summed E-state index contributed by atoms with van der Waals surface area (Å²) in [4.78, 5) is 23.0. The largest absolute Gasteiger partial charge is 0.472 e. The zero-order valence-electron chi connectivity index (χ0n) is 34.4. The fourth-order valence-corrected chi connectivity index (χ4v) is 7.01. The van der Waals surface area contributed by atoms with Crippen molar-refractivity contribution < 1.29 is 32.9 Å². The molecule has 3 N–H and O–H groups in total. The number of phosphoric acid groups is 1. The van der Waals surface area contributed by atoms with Crippen LogP contribution in [0.4, 0.5) is 0 Å². The van der Waals surface area contributed by atoms with Crippen LogP contribution in [0.15, 0.2) is 12.2 Å². The van der Waals surface area contributed by atoms with Crippen LogP contribution in [-0.2, 0) is 18.4 Å². The van der Waals surface area contributed by atoms with E-state index in [4.69, 9.17) is 9.05 Å². The number of carbonyl (C=O) groups is 1. The molecule has 0 saturated carbocycles. The lowest BCUT2D eigenvalue weighted by atomic mass is 10.0. The lowest BCUT2D eigenvalue weighted by Gasteiger charge is -2.25. The number of unbranched alkanes of at least 4 members (excludes halogenated alkanes) is 26. The minimum atomic E-state index is -4.33. The van der Waals surface area contributed by atoms with Gasteiger partial charge in [-0.3, -0.25) is 13.8 Å². The van der Waals surface area contributed by atoms with Crippen molar-refractivity contribution in [2.24, 2.45) is 0 Å². The van der Waals surface area contributed by atoms with Gasteiger partial charge >= 0.3 is 7.82 Å². The zero-order valence-corrected chi connectivity index (χ0v) is 35.3. The number of rotatable bonds is 39. The molecule has 51 heavy (non-hydrogen) atoms. The van der Waals surface area contributed by atoms with Gasteiger partial charge in [0.2, 0.25) is 5.91 Å². The summed E-state index contributed by atoms with van der Waals surface area (Å²) in [6.45, 7) is 4.81. The first-order valence-electron chi connectivity index (χ1n) is 21.6. The number of hydrogen-bond acceptors (Lipinski definition) is 5. The van der Waals surface area contributed by atoms with Gasteiger partial charge in [0, 0.05) is 6.42 Å². The highest BCUT2D eigenvalue weighted by Crippen LogP contribution is 2.43. The fraction of sp³-hybridized carbons (Fsp3) is 0.929. The molecular formula is C42H86N2O6P+. The van der Waals surface area contributed by atoms with Crippen molar-refractivity contribution in [1.29, 1.82) is 0 Å². The minimum Gasteiger partial charge on any atom is -0.387 e. The highest BCUT2D eigenvalue weighted by molar-refractivity contribution is 7.47. The Morgan fingerprint density at radius 1 is 0.647 bits per heavy atom. The standard InChI is InChI=1S/C42H85N2O6P/c1-6-8-10-12-14-16-18-19-20-21-22-23-24-26-28-30-32-34-36-42(46)43-40(39-50-51(47,48)49-38-37-44(3,4)5)41(45)35-33-31-29-27-25-17-15-13-11-9-7-2/h33,35,40-41,45H,6-32,34,36-39H2,1-5H3,(H-,43,46,47,48)/p+1/b35-33+. The van der Waals surface area contributed by atoms with Gasteiger partial charge in [-0.25, -0.2) is 4.57 Å². The summed E-state index contributed by atoms with van der Waals surface area (Å²) in [5.74, 6) is -0.176. The molecule has 1 amide bonds. The maximum atomic E-state index is 12.8. The molecule has 0 aliphatic carbocycles. The van der Waals surface area contributed by atoms with Crippen molar-refractivity contribution in [2.75, 3.05) is 40.9 Å². The van der Waals surface area contributed by atoms with Crippen molar-refractivity contribution in [3.8, 4) is 0 Å². The molecular weight excluding hydrogens is 659 g/mol. The van der Waals surface area contributed by atoms with Crippen molar-refractivity contribution in [2.45, 2.75) is 212 Å². The molecule has 0 aromatic rings. The third-order valence-corrected chi connectivity index (χ3v) is 10.7. The Kier molecular flexibility index (Phi) is 34.5. The Bertz CT molecular complexity index is 850. The van der Waals surface area contributed by atoms with Gasteiger partial charge < -0.3 is 19.8 Å². The van der Waals surface area contributed by atoms with Gasteiger partial charge in [-0.1, -0.05) is 187 Å². The quantitative estimate of drug-likeness (QED) is 0.0250. The number of carbonyl (C=O) groups excluding carboxylic acids is 1. The zero-order chi connectivity index (χ0) is 37.9. The maximum Gasteiger partial charge on any atom is 0.472 e. The van der Waals surface area contributed by atoms with Gasteiger partial charge in [-0.15, -0.1) is 0 Å². The summed E-state index contributed by atoms with van der Waals surface area (Å²) >= 11 is 0. The summed E-state index contributed by atoms with van der Waals surface area (Å²) in [6.07, 6.45) is 38.5. The SMILES string of the molecule is CCCCCCCCCCC/C=C/C(O)C(COP(=O)(O)OCC[N+](C)(C)C)NC(=O)CCCCCCCCCCCCCCCCCCCC. The van der Waals surface area contributed by atoms with Crippen LogP contribution in [-0.4, -0.2) is 73.4 Å². The van der Waals surface area contributed by atoms with Crippen LogP contribution in [0, 0.1) is 0 Å². The van der Waals surface area contributed by atoms with Gasteiger partial charge in [0.05, 0.1) is 39.9 Å². The number of quaternary nitrogens is 1. The minimum absolute atomic E-state index is 0.0643. The van der Waals surface area contributed by atoms with Crippen LogP contribution in [0.5, 0.6) is 0 Å². The van der Waals surface area contributed by atoms with Crippen molar-refractivity contribution in [3.63, 3.8) is 0 Å². The predicted molar refractivity (Wildman–Crippen MR) is 217 cm³/mol. The molecule has 0 aliphatic rings. The van der Waals surface area contributed by atoms with Crippen molar-refractivity contribution >= 4 is 13.7 Å². The molecule has 9 heteroatoms. The monoisotopic (exact) mass is 746 g/mol. The molecule has 0 bridgehead atoms. The van der Waals surface area contributed by atoms with Crippen LogP contribution >= 0.6 is 7.82 Å². The number of allylic oxidation sites excluding steroid dienone is 1. The van der Waals surface area contributed by atoms with E-state index >= 15 is 0 Å². The number of likely N-dealkylation sites (N-methyl/N-ethyl adjacent to an activating group) is 1. The lowest BCUT2D eigenvalue weighted by molar-refractivity contribution is -0.870.